The molecule has 0 aromatic rings. The minimum atomic E-state index is -1.02. The third-order valence-electron chi connectivity index (χ3n) is 1.05. The number of amides is 1. The Kier molecular flexibility index (Phi) is 4.00. The lowest BCUT2D eigenvalue weighted by atomic mass is 10.5. The lowest BCUT2D eigenvalue weighted by Crippen LogP contribution is -2.29. The van der Waals surface area contributed by atoms with E-state index in [1.54, 1.807) is 6.92 Å². The van der Waals surface area contributed by atoms with Gasteiger partial charge in [0.15, 0.2) is 0 Å². The van der Waals surface area contributed by atoms with E-state index in [-0.39, 0.29) is 6.54 Å². The van der Waals surface area contributed by atoms with Crippen molar-refractivity contribution in [2.24, 2.45) is 0 Å². The molecule has 56 valence electrons. The van der Waals surface area contributed by atoms with Crippen LogP contribution in [0.2, 0.25) is 0 Å². The number of rotatable bonds is 3. The average molecular weight is 143 g/mol. The first kappa shape index (κ1) is 8.72. The van der Waals surface area contributed by atoms with Crippen molar-refractivity contribution in [2.45, 2.75) is 6.92 Å². The number of carboxylic acid groups (broad SMARTS) is 1. The van der Waals surface area contributed by atoms with Crippen LogP contribution in [-0.2, 0) is 4.79 Å². The van der Waals surface area contributed by atoms with Gasteiger partial charge in [-0.1, -0.05) is 0 Å². The van der Waals surface area contributed by atoms with Crippen LogP contribution in [0.1, 0.15) is 6.92 Å². The van der Waals surface area contributed by atoms with E-state index in [9.17, 15) is 9.59 Å². The summed E-state index contributed by atoms with van der Waals surface area (Å²) in [6, 6.07) is 0. The molecule has 4 heteroatoms. The van der Waals surface area contributed by atoms with Crippen LogP contribution in [0.4, 0.5) is 4.79 Å². The van der Waals surface area contributed by atoms with E-state index >= 15 is 0 Å². The largest absolute Gasteiger partial charge is 0.465 e. The highest BCUT2D eigenvalue weighted by Gasteiger charge is 2.04. The molecule has 0 spiro atoms. The predicted molar refractivity (Wildman–Crippen MR) is 35.5 cm³/mol. The van der Waals surface area contributed by atoms with Gasteiger partial charge in [0, 0.05) is 12.6 Å². The zero-order valence-electron chi connectivity index (χ0n) is 5.70. The second-order valence-electron chi connectivity index (χ2n) is 1.64. The number of hydrogen-bond acceptors (Lipinski definition) is 2. The van der Waals surface area contributed by atoms with Crippen LogP contribution in [0.15, 0.2) is 6.08 Å². The van der Waals surface area contributed by atoms with Gasteiger partial charge in [0.25, 0.3) is 0 Å². The van der Waals surface area contributed by atoms with Gasteiger partial charge in [-0.05, 0) is 6.92 Å². The van der Waals surface area contributed by atoms with E-state index in [2.05, 4.69) is 0 Å². The fraction of sp³-hybridized carbons (Fsp3) is 0.500. The fourth-order valence-corrected chi connectivity index (χ4v) is 0.490. The first-order valence-corrected chi connectivity index (χ1v) is 2.89. The summed E-state index contributed by atoms with van der Waals surface area (Å²) < 4.78 is 0. The SMILES string of the molecule is CCN(CC=C=O)C(=O)O. The Balaban J connectivity index is 3.82. The van der Waals surface area contributed by atoms with Crippen molar-refractivity contribution < 1.29 is 14.7 Å². The number of carbonyl (C=O) groups is 1. The van der Waals surface area contributed by atoms with Crippen LogP contribution >= 0.6 is 0 Å². The molecule has 0 heterocycles. The quantitative estimate of drug-likeness (QED) is 0.581. The van der Waals surface area contributed by atoms with E-state index in [0.29, 0.717) is 6.54 Å². The molecule has 0 aromatic carbocycles. The van der Waals surface area contributed by atoms with E-state index in [4.69, 9.17) is 5.11 Å². The second kappa shape index (κ2) is 4.58. The molecule has 10 heavy (non-hydrogen) atoms. The molecule has 0 unspecified atom stereocenters. The number of likely N-dealkylation sites (N-methyl/N-ethyl adjacent to an activating group) is 1. The smallest absolute Gasteiger partial charge is 0.407 e. The maximum Gasteiger partial charge on any atom is 0.407 e. The maximum atomic E-state index is 10.2. The van der Waals surface area contributed by atoms with Gasteiger partial charge in [-0.25, -0.2) is 9.59 Å². The molecule has 0 bridgehead atoms. The molecule has 4 nitrogen and oxygen atoms in total. The summed E-state index contributed by atoms with van der Waals surface area (Å²) in [6.07, 6.45) is 0.117. The van der Waals surface area contributed by atoms with Crippen molar-refractivity contribution in [1.82, 2.24) is 4.90 Å². The van der Waals surface area contributed by atoms with Crippen molar-refractivity contribution in [3.8, 4) is 0 Å². The van der Waals surface area contributed by atoms with E-state index in [1.807, 2.05) is 0 Å². The maximum absolute atomic E-state index is 10.2. The minimum Gasteiger partial charge on any atom is -0.465 e. The van der Waals surface area contributed by atoms with Gasteiger partial charge in [0.1, 0.15) is 5.94 Å². The number of nitrogens with zero attached hydrogens (tertiary/aromatic N) is 1. The van der Waals surface area contributed by atoms with Crippen molar-refractivity contribution in [3.63, 3.8) is 0 Å². The van der Waals surface area contributed by atoms with Gasteiger partial charge in [-0.15, -0.1) is 0 Å². The van der Waals surface area contributed by atoms with Crippen LogP contribution < -0.4 is 0 Å². The molecule has 1 amide bonds. The monoisotopic (exact) mass is 143 g/mol. The Morgan fingerprint density at radius 2 is 2.40 bits per heavy atom. The Morgan fingerprint density at radius 3 is 2.70 bits per heavy atom. The summed E-state index contributed by atoms with van der Waals surface area (Å²) in [4.78, 5) is 21.0. The molecule has 0 rings (SSSR count). The molecule has 0 radical (unpaired) electrons. The summed E-state index contributed by atoms with van der Waals surface area (Å²) in [5.41, 5.74) is 0. The lowest BCUT2D eigenvalue weighted by Gasteiger charge is -2.12. The lowest BCUT2D eigenvalue weighted by molar-refractivity contribution is 0.153. The third kappa shape index (κ3) is 2.89. The Labute approximate surface area is 58.8 Å². The van der Waals surface area contributed by atoms with Crippen LogP contribution in [0.25, 0.3) is 0 Å². The van der Waals surface area contributed by atoms with Crippen LogP contribution in [0.3, 0.4) is 0 Å². The summed E-state index contributed by atoms with van der Waals surface area (Å²) >= 11 is 0. The predicted octanol–water partition coefficient (Wildman–Crippen LogP) is 0.374. The van der Waals surface area contributed by atoms with Gasteiger partial charge in [0.2, 0.25) is 0 Å². The molecule has 1 N–H and O–H groups in total. The molecular weight excluding hydrogens is 134 g/mol. The highest BCUT2D eigenvalue weighted by Crippen LogP contribution is 1.86. The zero-order valence-corrected chi connectivity index (χ0v) is 5.70. The molecule has 0 aliphatic rings. The Bertz CT molecular complexity index is 160. The Hall–Kier alpha value is -1.28. The van der Waals surface area contributed by atoms with Crippen molar-refractivity contribution in [2.75, 3.05) is 13.1 Å². The molecule has 0 atom stereocenters. The van der Waals surface area contributed by atoms with Gasteiger partial charge >= 0.3 is 6.09 Å². The summed E-state index contributed by atoms with van der Waals surface area (Å²) in [6.45, 7) is 2.20. The number of hydrogen-bond donors (Lipinski definition) is 1. The molecule has 0 saturated heterocycles. The highest BCUT2D eigenvalue weighted by atomic mass is 16.4. The van der Waals surface area contributed by atoms with Crippen molar-refractivity contribution in [3.05, 3.63) is 6.08 Å². The van der Waals surface area contributed by atoms with E-state index in [0.717, 1.165) is 11.0 Å². The fourth-order valence-electron chi connectivity index (χ4n) is 0.490. The average Bonchev–Trinajstić information content (AvgIpc) is 1.89. The molecule has 0 saturated carbocycles. The minimum absolute atomic E-state index is 0.120. The van der Waals surface area contributed by atoms with Gasteiger partial charge < -0.3 is 10.0 Å². The summed E-state index contributed by atoms with van der Waals surface area (Å²) in [5, 5.41) is 8.38. The van der Waals surface area contributed by atoms with Crippen molar-refractivity contribution in [1.29, 1.82) is 0 Å². The zero-order chi connectivity index (χ0) is 7.98. The summed E-state index contributed by atoms with van der Waals surface area (Å²) in [5.74, 6) is 1.51. The molecule has 0 aromatic heterocycles. The van der Waals surface area contributed by atoms with Gasteiger partial charge in [-0.2, -0.15) is 0 Å². The third-order valence-corrected chi connectivity index (χ3v) is 1.05. The normalized spacial score (nSPS) is 8.10. The van der Waals surface area contributed by atoms with Gasteiger partial charge in [0.05, 0.1) is 6.54 Å². The molecular formula is C6H9NO3. The first-order chi connectivity index (χ1) is 4.72. The topological polar surface area (TPSA) is 57.6 Å². The van der Waals surface area contributed by atoms with Crippen LogP contribution in [0.5, 0.6) is 0 Å². The van der Waals surface area contributed by atoms with E-state index < -0.39 is 6.09 Å². The highest BCUT2D eigenvalue weighted by molar-refractivity contribution is 5.65. The van der Waals surface area contributed by atoms with Crippen LogP contribution in [-0.4, -0.2) is 35.1 Å². The van der Waals surface area contributed by atoms with Crippen molar-refractivity contribution >= 4 is 12.0 Å². The second-order valence-corrected chi connectivity index (χ2v) is 1.64. The number of carbonyl (C=O) groups excluding carboxylic acids is 1. The molecule has 0 aliphatic carbocycles. The summed E-state index contributed by atoms with van der Waals surface area (Å²) in [7, 11) is 0. The first-order valence-electron chi connectivity index (χ1n) is 2.89. The van der Waals surface area contributed by atoms with Gasteiger partial charge in [-0.3, -0.25) is 0 Å². The van der Waals surface area contributed by atoms with Crippen LogP contribution in [0, 0.1) is 0 Å². The molecule has 0 fully saturated rings. The Morgan fingerprint density at radius 1 is 1.80 bits per heavy atom. The standard InChI is InChI=1S/C6H9NO3/c1-2-7(6(9)10)4-3-5-8/h3H,2,4H2,1H3,(H,9,10). The molecule has 0 aliphatic heterocycles. The van der Waals surface area contributed by atoms with E-state index in [1.165, 1.54) is 5.94 Å².